The molecule has 2 unspecified atom stereocenters. The molecular formula is C31H45N7O. The van der Waals surface area contributed by atoms with Crippen molar-refractivity contribution in [2.45, 2.75) is 76.7 Å². The predicted molar refractivity (Wildman–Crippen MR) is 156 cm³/mol. The van der Waals surface area contributed by atoms with Crippen molar-refractivity contribution in [3.63, 3.8) is 0 Å². The second kappa shape index (κ2) is 11.9. The number of rotatable bonds is 8. The van der Waals surface area contributed by atoms with E-state index in [1.165, 1.54) is 30.4 Å². The summed E-state index contributed by atoms with van der Waals surface area (Å²) in [6, 6.07) is 6.09. The Hall–Kier alpha value is -3.26. The number of carbonyl (C=O) groups is 1. The van der Waals surface area contributed by atoms with E-state index in [-0.39, 0.29) is 11.9 Å². The fourth-order valence-electron chi connectivity index (χ4n) is 6.49. The van der Waals surface area contributed by atoms with Crippen LogP contribution < -0.4 is 5.73 Å². The lowest BCUT2D eigenvalue weighted by Gasteiger charge is -2.39. The smallest absolute Gasteiger partial charge is 0.253 e. The Kier molecular flexibility index (Phi) is 8.74. The van der Waals surface area contributed by atoms with Crippen LogP contribution >= 0.6 is 0 Å². The molecule has 0 aliphatic heterocycles. The summed E-state index contributed by atoms with van der Waals surface area (Å²) in [7, 11) is 7.60. The maximum atomic E-state index is 12.9. The van der Waals surface area contributed by atoms with Crippen molar-refractivity contribution in [3.8, 4) is 0 Å². The second-order valence-corrected chi connectivity index (χ2v) is 11.8. The van der Waals surface area contributed by atoms with Crippen molar-refractivity contribution in [1.29, 1.82) is 0 Å². The van der Waals surface area contributed by atoms with Gasteiger partial charge in [-0.1, -0.05) is 48.8 Å². The SMILES string of the molecule is C=C(/C(C)=C/C1=C(C)C(CC(N)C2CCCCC2)(c2nn[nH]n2)c2ccc(C(=O)N(C)C)cc2CC1)N(C)C. The van der Waals surface area contributed by atoms with E-state index in [1.54, 1.807) is 19.0 Å². The van der Waals surface area contributed by atoms with Crippen molar-refractivity contribution in [2.75, 3.05) is 28.2 Å². The van der Waals surface area contributed by atoms with Crippen molar-refractivity contribution in [2.24, 2.45) is 11.7 Å². The number of H-pyrrole nitrogens is 1. The summed E-state index contributed by atoms with van der Waals surface area (Å²) in [6.07, 6.45) is 10.6. The van der Waals surface area contributed by atoms with Crippen LogP contribution in [0.2, 0.25) is 0 Å². The molecule has 0 saturated heterocycles. The first-order valence-corrected chi connectivity index (χ1v) is 14.2. The van der Waals surface area contributed by atoms with Gasteiger partial charge in [0.05, 0.1) is 5.41 Å². The minimum Gasteiger partial charge on any atom is -0.378 e. The number of allylic oxidation sites excluding steroid dienone is 4. The molecule has 2 aliphatic rings. The molecule has 210 valence electrons. The Morgan fingerprint density at radius 1 is 1.18 bits per heavy atom. The number of hydrogen-bond acceptors (Lipinski definition) is 6. The molecule has 8 heteroatoms. The van der Waals surface area contributed by atoms with Gasteiger partial charge in [-0.25, -0.2) is 0 Å². The average Bonchev–Trinajstić information content (AvgIpc) is 3.45. The molecule has 0 bridgehead atoms. The Bertz CT molecular complexity index is 1250. The molecule has 0 spiro atoms. The number of carbonyl (C=O) groups excluding carboxylic acids is 1. The van der Waals surface area contributed by atoms with Crippen LogP contribution in [0.5, 0.6) is 0 Å². The standard InChI is InChI=1S/C31H45N7O/c1-20(22(3)37(4)5)17-24-13-14-25-18-26(29(39)38(6)7)15-16-27(25)31(21(24)2,30-33-35-36-34-30)19-28(32)23-11-9-8-10-12-23/h15-18,23,28H,3,8-14,19,32H2,1-2,4-7H3,(H,33,34,35,36)/b20-17+. The molecule has 1 saturated carbocycles. The number of nitrogens with two attached hydrogens (primary N) is 1. The number of amides is 1. The highest BCUT2D eigenvalue weighted by atomic mass is 16.2. The number of fused-ring (bicyclic) bond motifs is 1. The molecular weight excluding hydrogens is 486 g/mol. The average molecular weight is 532 g/mol. The largest absolute Gasteiger partial charge is 0.378 e. The van der Waals surface area contributed by atoms with Gasteiger partial charge < -0.3 is 15.5 Å². The van der Waals surface area contributed by atoms with Crippen LogP contribution in [0.1, 0.15) is 86.1 Å². The predicted octanol–water partition coefficient (Wildman–Crippen LogP) is 4.77. The number of nitrogens with zero attached hydrogens (tertiary/aromatic N) is 5. The molecule has 4 rings (SSSR count). The number of aromatic amines is 1. The van der Waals surface area contributed by atoms with E-state index >= 15 is 0 Å². The summed E-state index contributed by atoms with van der Waals surface area (Å²) in [4.78, 5) is 16.6. The maximum absolute atomic E-state index is 12.9. The molecule has 1 aromatic carbocycles. The summed E-state index contributed by atoms with van der Waals surface area (Å²) in [5.74, 6) is 1.09. The van der Waals surface area contributed by atoms with Gasteiger partial charge in [0.1, 0.15) is 0 Å². The van der Waals surface area contributed by atoms with Crippen LogP contribution in [0.3, 0.4) is 0 Å². The Morgan fingerprint density at radius 3 is 2.51 bits per heavy atom. The Labute approximate surface area is 233 Å². The first kappa shape index (κ1) is 28.7. The van der Waals surface area contributed by atoms with E-state index in [1.807, 2.05) is 25.1 Å². The molecule has 1 heterocycles. The van der Waals surface area contributed by atoms with Gasteiger partial charge in [-0.2, -0.15) is 5.21 Å². The monoisotopic (exact) mass is 531 g/mol. The summed E-state index contributed by atoms with van der Waals surface area (Å²) >= 11 is 0. The van der Waals surface area contributed by atoms with Crippen LogP contribution in [0, 0.1) is 5.92 Å². The van der Waals surface area contributed by atoms with Gasteiger partial charge in [0, 0.05) is 45.5 Å². The van der Waals surface area contributed by atoms with Crippen molar-refractivity contribution >= 4 is 5.91 Å². The summed E-state index contributed by atoms with van der Waals surface area (Å²) in [5, 5.41) is 15.9. The molecule has 2 aliphatic carbocycles. The van der Waals surface area contributed by atoms with Crippen molar-refractivity contribution in [3.05, 3.63) is 75.8 Å². The van der Waals surface area contributed by atoms with Gasteiger partial charge in [-0.05, 0) is 86.3 Å². The van der Waals surface area contributed by atoms with E-state index in [4.69, 9.17) is 5.73 Å². The summed E-state index contributed by atoms with van der Waals surface area (Å²) in [6.45, 7) is 8.60. The van der Waals surface area contributed by atoms with Gasteiger partial charge in [-0.3, -0.25) is 4.79 Å². The first-order valence-electron chi connectivity index (χ1n) is 14.2. The van der Waals surface area contributed by atoms with E-state index in [0.29, 0.717) is 23.7 Å². The van der Waals surface area contributed by atoms with Gasteiger partial charge in [0.15, 0.2) is 5.82 Å². The quantitative estimate of drug-likeness (QED) is 0.476. The molecule has 2 atom stereocenters. The third kappa shape index (κ3) is 5.71. The number of aromatic nitrogens is 4. The zero-order valence-electron chi connectivity index (χ0n) is 24.5. The second-order valence-electron chi connectivity index (χ2n) is 11.8. The van der Waals surface area contributed by atoms with E-state index in [9.17, 15) is 4.79 Å². The Morgan fingerprint density at radius 2 is 1.90 bits per heavy atom. The lowest BCUT2D eigenvalue weighted by atomic mass is 9.65. The topological polar surface area (TPSA) is 104 Å². The van der Waals surface area contributed by atoms with Gasteiger partial charge in [0.2, 0.25) is 0 Å². The first-order chi connectivity index (χ1) is 18.6. The molecule has 8 nitrogen and oxygen atoms in total. The number of hydrogen-bond donors (Lipinski definition) is 2. The van der Waals surface area contributed by atoms with Gasteiger partial charge >= 0.3 is 0 Å². The summed E-state index contributed by atoms with van der Waals surface area (Å²) in [5.41, 5.74) is 13.9. The molecule has 0 radical (unpaired) electrons. The van der Waals surface area contributed by atoms with E-state index in [2.05, 4.69) is 59.3 Å². The maximum Gasteiger partial charge on any atom is 0.253 e. The van der Waals surface area contributed by atoms with Crippen LogP contribution in [-0.4, -0.2) is 70.6 Å². The number of nitrogens with one attached hydrogen (secondary N) is 1. The normalized spacial score (nSPS) is 21.3. The lowest BCUT2D eigenvalue weighted by Crippen LogP contribution is -2.43. The third-order valence-electron chi connectivity index (χ3n) is 8.91. The number of aryl methyl sites for hydroxylation is 1. The molecule has 3 N–H and O–H groups in total. The highest BCUT2D eigenvalue weighted by molar-refractivity contribution is 5.94. The van der Waals surface area contributed by atoms with Crippen LogP contribution in [0.4, 0.5) is 0 Å². The van der Waals surface area contributed by atoms with Gasteiger partial charge in [0.25, 0.3) is 5.91 Å². The zero-order chi connectivity index (χ0) is 28.3. The highest BCUT2D eigenvalue weighted by Crippen LogP contribution is 2.48. The minimum atomic E-state index is -0.666. The van der Waals surface area contributed by atoms with Crippen molar-refractivity contribution in [1.82, 2.24) is 30.4 Å². The zero-order valence-corrected chi connectivity index (χ0v) is 24.5. The molecule has 39 heavy (non-hydrogen) atoms. The van der Waals surface area contributed by atoms with Crippen LogP contribution in [-0.2, 0) is 11.8 Å². The molecule has 2 aromatic rings. The number of benzene rings is 1. The number of likely N-dealkylation sites (N-methyl/N-ethyl adjacent to an activating group) is 1. The summed E-state index contributed by atoms with van der Waals surface area (Å²) < 4.78 is 0. The fraction of sp³-hybridized carbons (Fsp3) is 0.548. The van der Waals surface area contributed by atoms with Crippen LogP contribution in [0.25, 0.3) is 0 Å². The van der Waals surface area contributed by atoms with Gasteiger partial charge in [-0.15, -0.1) is 10.2 Å². The van der Waals surface area contributed by atoms with E-state index in [0.717, 1.165) is 48.1 Å². The fourth-order valence-corrected chi connectivity index (χ4v) is 6.49. The van der Waals surface area contributed by atoms with Crippen LogP contribution in [0.15, 0.2) is 53.3 Å². The minimum absolute atomic E-state index is 0.00552. The molecule has 1 amide bonds. The molecule has 1 fully saturated rings. The molecule has 1 aromatic heterocycles. The third-order valence-corrected chi connectivity index (χ3v) is 8.91. The number of tetrazole rings is 1. The van der Waals surface area contributed by atoms with Crippen molar-refractivity contribution < 1.29 is 4.79 Å². The Balaban J connectivity index is 1.94. The highest BCUT2D eigenvalue weighted by Gasteiger charge is 2.46. The lowest BCUT2D eigenvalue weighted by molar-refractivity contribution is 0.0827. The van der Waals surface area contributed by atoms with E-state index < -0.39 is 5.41 Å².